The molecule has 0 N–H and O–H groups in total. The van der Waals surface area contributed by atoms with Crippen LogP contribution in [0.25, 0.3) is 0 Å². The topological polar surface area (TPSA) is 17.1 Å². The molecule has 0 aromatic rings. The first-order chi connectivity index (χ1) is 9.41. The van der Waals surface area contributed by atoms with Crippen molar-refractivity contribution in [1.29, 1.82) is 0 Å². The van der Waals surface area contributed by atoms with Crippen LogP contribution in [0, 0.1) is 0 Å². The van der Waals surface area contributed by atoms with Gasteiger partial charge >= 0.3 is 29.6 Å². The molecule has 20 heavy (non-hydrogen) atoms. The SMILES string of the molecule is CCCCCCCCC=CCCCCCCC[C-]=O.[Na+]. The van der Waals surface area contributed by atoms with E-state index in [1.807, 2.05) is 6.29 Å². The third kappa shape index (κ3) is 20.7. The zero-order chi connectivity index (χ0) is 14.0. The van der Waals surface area contributed by atoms with Crippen LogP contribution in [0.5, 0.6) is 0 Å². The second kappa shape index (κ2) is 21.7. The molecule has 1 nitrogen and oxygen atoms in total. The summed E-state index contributed by atoms with van der Waals surface area (Å²) >= 11 is 0. The Bertz CT molecular complexity index is 202. The molecule has 2 heteroatoms. The molecule has 0 amide bonds. The van der Waals surface area contributed by atoms with Gasteiger partial charge in [0.1, 0.15) is 0 Å². The van der Waals surface area contributed by atoms with Crippen LogP contribution in [0.3, 0.4) is 0 Å². The molecule has 0 saturated heterocycles. The second-order valence-electron chi connectivity index (χ2n) is 5.48. The van der Waals surface area contributed by atoms with Crippen LogP contribution in [-0.2, 0) is 4.79 Å². The zero-order valence-corrected chi connectivity index (χ0v) is 16.0. The van der Waals surface area contributed by atoms with Gasteiger partial charge in [-0.1, -0.05) is 76.9 Å². The Balaban J connectivity index is 0. The molecule has 0 aliphatic rings. The number of allylic oxidation sites excluding steroid dienone is 2. The van der Waals surface area contributed by atoms with Gasteiger partial charge in [0, 0.05) is 0 Å². The summed E-state index contributed by atoms with van der Waals surface area (Å²) in [6, 6.07) is 0. The van der Waals surface area contributed by atoms with Gasteiger partial charge in [0.05, 0.1) is 0 Å². The third-order valence-corrected chi connectivity index (χ3v) is 3.54. The minimum absolute atomic E-state index is 0. The molecule has 0 rings (SSSR count). The van der Waals surface area contributed by atoms with Gasteiger partial charge < -0.3 is 4.79 Å². The molecule has 0 radical (unpaired) electrons. The Kier molecular flexibility index (Phi) is 24.6. The minimum atomic E-state index is 0. The van der Waals surface area contributed by atoms with Gasteiger partial charge in [-0.3, -0.25) is 6.29 Å². The van der Waals surface area contributed by atoms with Crippen molar-refractivity contribution in [2.75, 3.05) is 0 Å². The van der Waals surface area contributed by atoms with Crippen molar-refractivity contribution in [2.24, 2.45) is 0 Å². The molecule has 0 aliphatic heterocycles. The number of rotatable bonds is 15. The fourth-order valence-electron chi connectivity index (χ4n) is 2.27. The summed E-state index contributed by atoms with van der Waals surface area (Å²) in [6.07, 6.45) is 24.2. The molecule has 0 unspecified atom stereocenters. The Labute approximate surface area is 149 Å². The van der Waals surface area contributed by atoms with Gasteiger partial charge in [0.2, 0.25) is 0 Å². The molecular formula is C18H33NaO. The summed E-state index contributed by atoms with van der Waals surface area (Å²) in [5, 5.41) is 0. The summed E-state index contributed by atoms with van der Waals surface area (Å²) in [6.45, 7) is 2.27. The number of carbonyl (C=O) groups excluding carboxylic acids is 1. The predicted octanol–water partition coefficient (Wildman–Crippen LogP) is 3.14. The number of hydrogen-bond donors (Lipinski definition) is 0. The normalized spacial score (nSPS) is 10.7. The average molecular weight is 288 g/mol. The summed E-state index contributed by atoms with van der Waals surface area (Å²) in [5.41, 5.74) is 0. The van der Waals surface area contributed by atoms with Crippen LogP contribution in [0.2, 0.25) is 0 Å². The van der Waals surface area contributed by atoms with Gasteiger partial charge in [-0.2, -0.15) is 6.42 Å². The van der Waals surface area contributed by atoms with E-state index < -0.39 is 0 Å². The Morgan fingerprint density at radius 3 is 1.65 bits per heavy atom. The summed E-state index contributed by atoms with van der Waals surface area (Å²) in [7, 11) is 0. The standard InChI is InChI=1S/C18H33O.Na/c1-2-3-4-5-6-7-8-9-10-11-12-13-14-15-16-17-18-19;/h9-10H,2-8,11-17H2,1H3;/q-1;+1. The van der Waals surface area contributed by atoms with E-state index in [9.17, 15) is 4.79 Å². The van der Waals surface area contributed by atoms with Crippen molar-refractivity contribution in [3.05, 3.63) is 12.2 Å². The molecular weight excluding hydrogens is 255 g/mol. The molecule has 0 fully saturated rings. The number of hydrogen-bond acceptors (Lipinski definition) is 1. The van der Waals surface area contributed by atoms with Crippen LogP contribution < -0.4 is 29.6 Å². The summed E-state index contributed by atoms with van der Waals surface area (Å²) in [5.74, 6) is 0. The van der Waals surface area contributed by atoms with Crippen molar-refractivity contribution in [3.63, 3.8) is 0 Å². The van der Waals surface area contributed by atoms with Crippen molar-refractivity contribution in [2.45, 2.75) is 96.8 Å². The molecule has 0 aliphatic carbocycles. The first-order valence-corrected chi connectivity index (χ1v) is 8.41. The van der Waals surface area contributed by atoms with Gasteiger partial charge in [-0.05, 0) is 25.7 Å². The zero-order valence-electron chi connectivity index (χ0n) is 14.0. The van der Waals surface area contributed by atoms with E-state index in [0.29, 0.717) is 6.42 Å². The maximum atomic E-state index is 10.0. The third-order valence-electron chi connectivity index (χ3n) is 3.54. The largest absolute Gasteiger partial charge is 1.00 e. The Morgan fingerprint density at radius 1 is 0.700 bits per heavy atom. The monoisotopic (exact) mass is 288 g/mol. The van der Waals surface area contributed by atoms with E-state index in [4.69, 9.17) is 0 Å². The average Bonchev–Trinajstić information content (AvgIpc) is 2.43. The molecule has 0 saturated carbocycles. The summed E-state index contributed by atoms with van der Waals surface area (Å²) in [4.78, 5) is 10.0. The van der Waals surface area contributed by atoms with E-state index >= 15 is 0 Å². The van der Waals surface area contributed by atoms with Crippen LogP contribution in [0.15, 0.2) is 12.2 Å². The van der Waals surface area contributed by atoms with Gasteiger partial charge in [-0.15, -0.1) is 0 Å². The second-order valence-corrected chi connectivity index (χ2v) is 5.48. The van der Waals surface area contributed by atoms with E-state index in [-0.39, 0.29) is 29.6 Å². The Hall–Kier alpha value is 0.410. The molecule has 0 aromatic carbocycles. The van der Waals surface area contributed by atoms with Crippen LogP contribution in [-0.4, -0.2) is 6.29 Å². The maximum absolute atomic E-state index is 10.0. The van der Waals surface area contributed by atoms with E-state index in [1.165, 1.54) is 77.0 Å². The first kappa shape index (κ1) is 22.7. The van der Waals surface area contributed by atoms with Crippen LogP contribution >= 0.6 is 0 Å². The molecule has 0 spiro atoms. The van der Waals surface area contributed by atoms with Crippen molar-refractivity contribution in [1.82, 2.24) is 0 Å². The molecule has 0 bridgehead atoms. The minimum Gasteiger partial charge on any atom is -0.542 e. The fraction of sp³-hybridized carbons (Fsp3) is 0.833. The smallest absolute Gasteiger partial charge is 0.542 e. The van der Waals surface area contributed by atoms with Crippen LogP contribution in [0.1, 0.15) is 96.8 Å². The van der Waals surface area contributed by atoms with Crippen molar-refractivity contribution >= 4 is 6.29 Å². The molecule has 0 aromatic heterocycles. The van der Waals surface area contributed by atoms with Crippen molar-refractivity contribution < 1.29 is 34.4 Å². The van der Waals surface area contributed by atoms with Gasteiger partial charge in [0.25, 0.3) is 0 Å². The molecule has 112 valence electrons. The summed E-state index contributed by atoms with van der Waals surface area (Å²) < 4.78 is 0. The quantitative estimate of drug-likeness (QED) is 0.196. The van der Waals surface area contributed by atoms with Gasteiger partial charge in [-0.25, -0.2) is 0 Å². The van der Waals surface area contributed by atoms with Crippen molar-refractivity contribution in [3.8, 4) is 0 Å². The fourth-order valence-corrected chi connectivity index (χ4v) is 2.27. The van der Waals surface area contributed by atoms with E-state index in [2.05, 4.69) is 19.1 Å². The van der Waals surface area contributed by atoms with Gasteiger partial charge in [0.15, 0.2) is 0 Å². The Morgan fingerprint density at radius 2 is 1.15 bits per heavy atom. The van der Waals surface area contributed by atoms with Crippen LogP contribution in [0.4, 0.5) is 0 Å². The first-order valence-electron chi connectivity index (χ1n) is 8.41. The van der Waals surface area contributed by atoms with E-state index in [1.54, 1.807) is 0 Å². The predicted molar refractivity (Wildman–Crippen MR) is 85.1 cm³/mol. The maximum Gasteiger partial charge on any atom is 1.00 e. The molecule has 0 atom stereocenters. The number of unbranched alkanes of at least 4 members (excludes halogenated alkanes) is 12. The van der Waals surface area contributed by atoms with E-state index in [0.717, 1.165) is 6.42 Å². The molecule has 0 heterocycles.